The van der Waals surface area contributed by atoms with Gasteiger partial charge in [0.15, 0.2) is 0 Å². The first-order chi connectivity index (χ1) is 21.8. The summed E-state index contributed by atoms with van der Waals surface area (Å²) < 4.78 is 0. The summed E-state index contributed by atoms with van der Waals surface area (Å²) in [6.07, 6.45) is 0. The topological polar surface area (TPSA) is 23.8 Å². The molecule has 6 rings (SSSR count). The molecular weight excluding hydrogens is 609 g/mol. The van der Waals surface area contributed by atoms with E-state index in [1.54, 1.807) is 23.5 Å². The Morgan fingerprint density at radius 1 is 0.455 bits per heavy atom. The van der Waals surface area contributed by atoms with Crippen LogP contribution in [0.1, 0.15) is 0 Å². The van der Waals surface area contributed by atoms with Gasteiger partial charge in [0.25, 0.3) is 0 Å². The molecule has 0 N–H and O–H groups in total. The van der Waals surface area contributed by atoms with Gasteiger partial charge in [0.2, 0.25) is 0 Å². The van der Waals surface area contributed by atoms with Gasteiger partial charge in [-0.2, -0.15) is 5.26 Å². The second-order valence-electron chi connectivity index (χ2n) is 10.00. The van der Waals surface area contributed by atoms with Gasteiger partial charge in [-0.3, -0.25) is 0 Å². The Morgan fingerprint density at radius 2 is 0.795 bits per heavy atom. The highest BCUT2D eigenvalue weighted by Crippen LogP contribution is 2.40. The number of benzene rings is 6. The van der Waals surface area contributed by atoms with Gasteiger partial charge in [0.05, 0.1) is 6.07 Å². The highest BCUT2D eigenvalue weighted by Gasteiger charge is 2.23. The fourth-order valence-electron chi connectivity index (χ4n) is 5.08. The summed E-state index contributed by atoms with van der Waals surface area (Å²) in [6.45, 7) is 0. The van der Waals surface area contributed by atoms with Gasteiger partial charge in [0.1, 0.15) is 5.25 Å². The molecule has 0 aliphatic heterocycles. The molecule has 6 aromatic carbocycles. The minimum Gasteiger partial charge on any atom is -0.197 e. The third kappa shape index (κ3) is 7.35. The standard InChI is InChI=1S/C39H31NP2S2/c40-29-35(44-39-28-16-14-26-37(39)42(33-21-9-3-10-22-33)34-23-11-4-12-24-34)30-43-38-27-15-13-25-36(38)41(31-17-5-1-6-18-31)32-19-7-2-8-20-32/h1-28,35H,30H2. The lowest BCUT2D eigenvalue weighted by Crippen LogP contribution is -2.23. The van der Waals surface area contributed by atoms with Crippen molar-refractivity contribution < 1.29 is 0 Å². The van der Waals surface area contributed by atoms with E-state index in [1.807, 2.05) is 0 Å². The van der Waals surface area contributed by atoms with Crippen LogP contribution >= 0.6 is 39.4 Å². The first-order valence-electron chi connectivity index (χ1n) is 14.5. The van der Waals surface area contributed by atoms with Gasteiger partial charge in [-0.1, -0.05) is 158 Å². The predicted molar refractivity (Wildman–Crippen MR) is 196 cm³/mol. The van der Waals surface area contributed by atoms with Crippen LogP contribution in [0.2, 0.25) is 0 Å². The summed E-state index contributed by atoms with van der Waals surface area (Å²) in [5.41, 5.74) is 0. The Labute approximate surface area is 271 Å². The first-order valence-corrected chi connectivity index (χ1v) is 19.0. The van der Waals surface area contributed by atoms with Gasteiger partial charge < -0.3 is 0 Å². The van der Waals surface area contributed by atoms with Crippen molar-refractivity contribution in [1.82, 2.24) is 0 Å². The Hall–Kier alpha value is -3.63. The maximum Gasteiger partial charge on any atom is 0.106 e. The van der Waals surface area contributed by atoms with E-state index in [2.05, 4.69) is 176 Å². The number of thioether (sulfide) groups is 2. The number of nitriles is 1. The molecule has 6 aromatic rings. The fraction of sp³-hybridized carbons (Fsp3) is 0.0513. The van der Waals surface area contributed by atoms with E-state index >= 15 is 0 Å². The summed E-state index contributed by atoms with van der Waals surface area (Å²) >= 11 is 3.50. The maximum atomic E-state index is 10.4. The third-order valence-electron chi connectivity index (χ3n) is 7.07. The van der Waals surface area contributed by atoms with Crippen LogP contribution < -0.4 is 31.8 Å². The van der Waals surface area contributed by atoms with E-state index < -0.39 is 15.8 Å². The average Bonchev–Trinajstić information content (AvgIpc) is 3.10. The molecule has 0 bridgehead atoms. The minimum atomic E-state index is -0.755. The van der Waals surface area contributed by atoms with Crippen LogP contribution in [-0.4, -0.2) is 11.0 Å². The summed E-state index contributed by atoms with van der Waals surface area (Å²) in [5, 5.41) is 18.1. The molecule has 0 saturated carbocycles. The zero-order valence-electron chi connectivity index (χ0n) is 24.1. The van der Waals surface area contributed by atoms with Crippen LogP contribution in [0.15, 0.2) is 180 Å². The largest absolute Gasteiger partial charge is 0.197 e. The Balaban J connectivity index is 1.28. The van der Waals surface area contributed by atoms with Crippen molar-refractivity contribution in [3.63, 3.8) is 0 Å². The Bertz CT molecular complexity index is 1730. The quantitative estimate of drug-likeness (QED) is 0.106. The lowest BCUT2D eigenvalue weighted by Gasteiger charge is -2.23. The van der Waals surface area contributed by atoms with E-state index in [1.165, 1.54) is 41.6 Å². The number of hydrogen-bond donors (Lipinski definition) is 0. The molecule has 44 heavy (non-hydrogen) atoms. The van der Waals surface area contributed by atoms with Gasteiger partial charge in [-0.05, 0) is 59.8 Å². The molecule has 1 nitrogen and oxygen atoms in total. The molecule has 1 unspecified atom stereocenters. The second-order valence-corrected chi connectivity index (χ2v) is 16.7. The molecular formula is C39H31NP2S2. The van der Waals surface area contributed by atoms with E-state index in [0.29, 0.717) is 5.75 Å². The molecule has 1 atom stereocenters. The lowest BCUT2D eigenvalue weighted by atomic mass is 10.3. The predicted octanol–water partition coefficient (Wildman–Crippen LogP) is 7.98. The van der Waals surface area contributed by atoms with Crippen molar-refractivity contribution in [3.8, 4) is 6.07 Å². The highest BCUT2D eigenvalue weighted by molar-refractivity contribution is 8.04. The van der Waals surface area contributed by atoms with E-state index in [4.69, 9.17) is 0 Å². The number of hydrogen-bond acceptors (Lipinski definition) is 3. The van der Waals surface area contributed by atoms with E-state index in [9.17, 15) is 5.26 Å². The lowest BCUT2D eigenvalue weighted by molar-refractivity contribution is 1.25. The third-order valence-corrected chi connectivity index (χ3v) is 14.9. The van der Waals surface area contributed by atoms with Crippen molar-refractivity contribution in [2.24, 2.45) is 0 Å². The van der Waals surface area contributed by atoms with Crippen LogP contribution in [0.5, 0.6) is 0 Å². The van der Waals surface area contributed by atoms with Crippen LogP contribution in [0, 0.1) is 11.3 Å². The molecule has 0 fully saturated rings. The molecule has 0 aromatic heterocycles. The van der Waals surface area contributed by atoms with Crippen LogP contribution in [0.4, 0.5) is 0 Å². The second kappa shape index (κ2) is 15.4. The summed E-state index contributed by atoms with van der Waals surface area (Å²) in [5.74, 6) is 0.702. The highest BCUT2D eigenvalue weighted by atomic mass is 32.2. The van der Waals surface area contributed by atoms with Gasteiger partial charge in [-0.25, -0.2) is 0 Å². The molecule has 0 aliphatic carbocycles. The normalized spacial score (nSPS) is 11.8. The van der Waals surface area contributed by atoms with Crippen LogP contribution in [0.25, 0.3) is 0 Å². The van der Waals surface area contributed by atoms with E-state index in [0.717, 1.165) is 0 Å². The Kier molecular flexibility index (Phi) is 10.6. The Morgan fingerprint density at radius 3 is 1.20 bits per heavy atom. The number of rotatable bonds is 11. The fourth-order valence-corrected chi connectivity index (χ4v) is 12.6. The molecule has 0 amide bonds. The van der Waals surface area contributed by atoms with Gasteiger partial charge in [-0.15, -0.1) is 23.5 Å². The van der Waals surface area contributed by atoms with Crippen LogP contribution in [0.3, 0.4) is 0 Å². The van der Waals surface area contributed by atoms with Gasteiger partial charge >= 0.3 is 0 Å². The van der Waals surface area contributed by atoms with Crippen molar-refractivity contribution in [3.05, 3.63) is 170 Å². The van der Waals surface area contributed by atoms with Crippen molar-refractivity contribution in [1.29, 1.82) is 5.26 Å². The zero-order chi connectivity index (χ0) is 30.0. The summed E-state index contributed by atoms with van der Waals surface area (Å²) in [4.78, 5) is 2.43. The van der Waals surface area contributed by atoms with Gasteiger partial charge in [0, 0.05) is 15.5 Å². The molecule has 5 heteroatoms. The van der Waals surface area contributed by atoms with Crippen LogP contribution in [-0.2, 0) is 0 Å². The molecule has 0 spiro atoms. The monoisotopic (exact) mass is 639 g/mol. The van der Waals surface area contributed by atoms with Crippen molar-refractivity contribution >= 4 is 71.2 Å². The smallest absolute Gasteiger partial charge is 0.106 e. The molecule has 214 valence electrons. The molecule has 0 heterocycles. The first kappa shape index (κ1) is 30.4. The minimum absolute atomic E-state index is 0.197. The van der Waals surface area contributed by atoms with Crippen molar-refractivity contribution in [2.45, 2.75) is 15.0 Å². The summed E-state index contributed by atoms with van der Waals surface area (Å²) in [6, 6.07) is 63.2. The maximum absolute atomic E-state index is 10.4. The molecule has 0 radical (unpaired) electrons. The average molecular weight is 640 g/mol. The number of nitrogens with zero attached hydrogens (tertiary/aromatic N) is 1. The zero-order valence-corrected chi connectivity index (χ0v) is 27.5. The molecule has 0 saturated heterocycles. The SMILES string of the molecule is N#CC(CSc1ccccc1P(c1ccccc1)c1ccccc1)Sc1ccccc1P(c1ccccc1)c1ccccc1. The summed E-state index contributed by atoms with van der Waals surface area (Å²) in [7, 11) is -1.48. The molecule has 0 aliphatic rings. The van der Waals surface area contributed by atoms with E-state index in [-0.39, 0.29) is 5.25 Å². The van der Waals surface area contributed by atoms with Crippen molar-refractivity contribution in [2.75, 3.05) is 5.75 Å².